The fourth-order valence-electron chi connectivity index (χ4n) is 3.53. The van der Waals surface area contributed by atoms with Crippen molar-refractivity contribution in [1.82, 2.24) is 10.1 Å². The van der Waals surface area contributed by atoms with E-state index in [2.05, 4.69) is 5.16 Å². The van der Waals surface area contributed by atoms with Crippen LogP contribution >= 0.6 is 0 Å². The highest BCUT2D eigenvalue weighted by Gasteiger charge is 2.35. The molecule has 1 aliphatic carbocycles. The summed E-state index contributed by atoms with van der Waals surface area (Å²) in [6, 6.07) is 7.01. The lowest BCUT2D eigenvalue weighted by atomic mass is 9.75. The van der Waals surface area contributed by atoms with Crippen LogP contribution in [0.2, 0.25) is 0 Å². The van der Waals surface area contributed by atoms with Gasteiger partial charge >= 0.3 is 0 Å². The Morgan fingerprint density at radius 1 is 1.21 bits per heavy atom. The van der Waals surface area contributed by atoms with E-state index in [9.17, 15) is 18.0 Å². The Morgan fingerprint density at radius 3 is 2.48 bits per heavy atom. The van der Waals surface area contributed by atoms with Gasteiger partial charge in [0.2, 0.25) is 0 Å². The lowest BCUT2D eigenvalue weighted by molar-refractivity contribution is 0.0803. The summed E-state index contributed by atoms with van der Waals surface area (Å²) in [5.41, 5.74) is 2.59. The van der Waals surface area contributed by atoms with E-state index < -0.39 is 9.84 Å². The van der Waals surface area contributed by atoms with E-state index in [0.717, 1.165) is 17.5 Å². The van der Waals surface area contributed by atoms with Crippen LogP contribution in [0.4, 0.5) is 0 Å². The van der Waals surface area contributed by atoms with Crippen LogP contribution in [0.3, 0.4) is 0 Å². The van der Waals surface area contributed by atoms with Gasteiger partial charge in [-0.3, -0.25) is 9.59 Å². The SMILES string of the molecule is CN(CCS(C)(=O)=O)C(=O)c1ccc(Cc2onc3c2C(=O)CC(C)(C)C3)cc1. The third-order valence-corrected chi connectivity index (χ3v) is 6.03. The van der Waals surface area contributed by atoms with Crippen molar-refractivity contribution in [3.63, 3.8) is 0 Å². The van der Waals surface area contributed by atoms with E-state index in [1.54, 1.807) is 19.2 Å². The first-order chi connectivity index (χ1) is 13.5. The Kier molecular flexibility index (Phi) is 5.67. The Balaban J connectivity index is 1.70. The third kappa shape index (κ3) is 5.12. The Bertz CT molecular complexity index is 1040. The molecule has 0 N–H and O–H groups in total. The van der Waals surface area contributed by atoms with Crippen molar-refractivity contribution in [3.8, 4) is 0 Å². The van der Waals surface area contributed by atoms with E-state index in [-0.39, 0.29) is 29.4 Å². The normalized spacial score (nSPS) is 15.8. The van der Waals surface area contributed by atoms with Gasteiger partial charge in [0.25, 0.3) is 5.91 Å². The molecule has 0 saturated carbocycles. The third-order valence-electron chi connectivity index (χ3n) is 5.11. The molecule has 0 fully saturated rings. The number of carbonyl (C=O) groups is 2. The van der Waals surface area contributed by atoms with E-state index in [1.165, 1.54) is 4.90 Å². The first-order valence-corrected chi connectivity index (χ1v) is 11.5. The maximum Gasteiger partial charge on any atom is 0.253 e. The number of benzene rings is 1. The summed E-state index contributed by atoms with van der Waals surface area (Å²) in [6.45, 7) is 4.23. The fourth-order valence-corrected chi connectivity index (χ4v) is 4.14. The van der Waals surface area contributed by atoms with Crippen LogP contribution in [0.15, 0.2) is 28.8 Å². The summed E-state index contributed by atoms with van der Waals surface area (Å²) >= 11 is 0. The van der Waals surface area contributed by atoms with E-state index in [4.69, 9.17) is 4.52 Å². The summed E-state index contributed by atoms with van der Waals surface area (Å²) in [7, 11) is -1.55. The first-order valence-electron chi connectivity index (χ1n) is 9.48. The molecule has 0 saturated heterocycles. The van der Waals surface area contributed by atoms with Crippen molar-refractivity contribution in [2.75, 3.05) is 25.6 Å². The molecule has 0 spiro atoms. The van der Waals surface area contributed by atoms with Crippen molar-refractivity contribution in [2.45, 2.75) is 33.1 Å². The number of ketones is 1. The molecule has 0 unspecified atom stereocenters. The quantitative estimate of drug-likeness (QED) is 0.715. The number of fused-ring (bicyclic) bond motifs is 1. The summed E-state index contributed by atoms with van der Waals surface area (Å²) < 4.78 is 28.0. The van der Waals surface area contributed by atoms with Crippen LogP contribution in [0.25, 0.3) is 0 Å². The highest BCUT2D eigenvalue weighted by molar-refractivity contribution is 7.90. The molecule has 0 atom stereocenters. The minimum absolute atomic E-state index is 0.0619. The van der Waals surface area contributed by atoms with Crippen molar-refractivity contribution in [2.24, 2.45) is 5.41 Å². The topological polar surface area (TPSA) is 97.6 Å². The molecule has 1 aromatic carbocycles. The molecule has 1 heterocycles. The number of aromatic nitrogens is 1. The molecule has 1 aliphatic rings. The molecule has 2 aromatic rings. The van der Waals surface area contributed by atoms with Gasteiger partial charge in [-0.25, -0.2) is 8.42 Å². The molecule has 156 valence electrons. The molecular formula is C21H26N2O5S. The Hall–Kier alpha value is -2.48. The molecule has 1 aromatic heterocycles. The van der Waals surface area contributed by atoms with E-state index >= 15 is 0 Å². The molecular weight excluding hydrogens is 392 g/mol. The maximum atomic E-state index is 12.5. The minimum Gasteiger partial charge on any atom is -0.360 e. The van der Waals surface area contributed by atoms with Gasteiger partial charge in [-0.15, -0.1) is 0 Å². The van der Waals surface area contributed by atoms with Crippen LogP contribution in [-0.4, -0.2) is 55.8 Å². The van der Waals surface area contributed by atoms with Crippen LogP contribution < -0.4 is 0 Å². The molecule has 8 heteroatoms. The van der Waals surface area contributed by atoms with Gasteiger partial charge < -0.3 is 9.42 Å². The van der Waals surface area contributed by atoms with Gasteiger partial charge in [0.1, 0.15) is 9.84 Å². The molecule has 0 radical (unpaired) electrons. The molecule has 1 amide bonds. The van der Waals surface area contributed by atoms with Gasteiger partial charge in [0.05, 0.1) is 17.0 Å². The number of sulfone groups is 1. The fraction of sp³-hybridized carbons (Fsp3) is 0.476. The van der Waals surface area contributed by atoms with Crippen molar-refractivity contribution in [3.05, 3.63) is 52.4 Å². The predicted octanol–water partition coefficient (Wildman–Crippen LogP) is 2.54. The summed E-state index contributed by atoms with van der Waals surface area (Å²) in [6.07, 6.45) is 2.76. The Morgan fingerprint density at radius 2 is 1.86 bits per heavy atom. The average molecular weight is 419 g/mol. The standard InChI is InChI=1S/C21H26N2O5S/c1-21(2)12-16-19(17(24)13-21)18(28-22-16)11-14-5-7-15(8-6-14)20(25)23(3)9-10-29(4,26)27/h5-8H,9-13H2,1-4H3. The number of hydrogen-bond acceptors (Lipinski definition) is 6. The second-order valence-electron chi connectivity index (χ2n) is 8.60. The molecule has 29 heavy (non-hydrogen) atoms. The van der Waals surface area contributed by atoms with Gasteiger partial charge in [0.15, 0.2) is 11.5 Å². The lowest BCUT2D eigenvalue weighted by Gasteiger charge is -2.26. The van der Waals surface area contributed by atoms with E-state index in [1.807, 2.05) is 26.0 Å². The zero-order valence-electron chi connectivity index (χ0n) is 17.2. The van der Waals surface area contributed by atoms with Crippen LogP contribution in [0, 0.1) is 5.41 Å². The summed E-state index contributed by atoms with van der Waals surface area (Å²) in [4.78, 5) is 26.4. The van der Waals surface area contributed by atoms with E-state index in [0.29, 0.717) is 36.1 Å². The number of carbonyl (C=O) groups excluding carboxylic acids is 2. The molecule has 7 nitrogen and oxygen atoms in total. The van der Waals surface area contributed by atoms with Gasteiger partial charge in [-0.1, -0.05) is 31.1 Å². The highest BCUT2D eigenvalue weighted by atomic mass is 32.2. The zero-order chi connectivity index (χ0) is 21.4. The molecule has 3 rings (SSSR count). The number of Topliss-reactive ketones (excluding diaryl/α,β-unsaturated/α-hetero) is 1. The van der Waals surface area contributed by atoms with Crippen molar-refractivity contribution >= 4 is 21.5 Å². The molecule has 0 aliphatic heterocycles. The number of nitrogens with zero attached hydrogens (tertiary/aromatic N) is 2. The predicted molar refractivity (Wildman–Crippen MR) is 109 cm³/mol. The Labute approximate surface area is 171 Å². The first kappa shape index (κ1) is 21.2. The monoisotopic (exact) mass is 418 g/mol. The number of rotatable bonds is 6. The zero-order valence-corrected chi connectivity index (χ0v) is 18.0. The van der Waals surface area contributed by atoms with Gasteiger partial charge in [-0.05, 0) is 29.5 Å². The van der Waals surface area contributed by atoms with Crippen LogP contribution in [-0.2, 0) is 22.7 Å². The number of hydrogen-bond donors (Lipinski definition) is 0. The highest BCUT2D eigenvalue weighted by Crippen LogP contribution is 2.36. The largest absolute Gasteiger partial charge is 0.360 e. The van der Waals surface area contributed by atoms with Crippen LogP contribution in [0.5, 0.6) is 0 Å². The molecule has 0 bridgehead atoms. The minimum atomic E-state index is -3.13. The van der Waals surface area contributed by atoms with Crippen LogP contribution in [0.1, 0.15) is 58.0 Å². The second kappa shape index (κ2) is 7.74. The van der Waals surface area contributed by atoms with Crippen molar-refractivity contribution in [1.29, 1.82) is 0 Å². The maximum absolute atomic E-state index is 12.5. The number of amides is 1. The smallest absolute Gasteiger partial charge is 0.253 e. The second-order valence-corrected chi connectivity index (χ2v) is 10.9. The summed E-state index contributed by atoms with van der Waals surface area (Å²) in [5, 5.41) is 4.10. The lowest BCUT2D eigenvalue weighted by Crippen LogP contribution is -2.31. The van der Waals surface area contributed by atoms with Gasteiger partial charge in [-0.2, -0.15) is 0 Å². The average Bonchev–Trinajstić information content (AvgIpc) is 3.00. The van der Waals surface area contributed by atoms with Gasteiger partial charge in [0, 0.05) is 38.3 Å². The summed E-state index contributed by atoms with van der Waals surface area (Å²) in [5.74, 6) is 0.306. The van der Waals surface area contributed by atoms with Crippen molar-refractivity contribution < 1.29 is 22.5 Å².